The van der Waals surface area contributed by atoms with E-state index in [2.05, 4.69) is 0 Å². The molecule has 1 aromatic carbocycles. The lowest BCUT2D eigenvalue weighted by atomic mass is 10.2. The van der Waals surface area contributed by atoms with Gasteiger partial charge in [-0.25, -0.2) is 0 Å². The lowest BCUT2D eigenvalue weighted by Crippen LogP contribution is -2.22. The topological polar surface area (TPSA) is 9.23 Å². The Bertz CT molecular complexity index is 302. The summed E-state index contributed by atoms with van der Waals surface area (Å²) in [4.78, 5) is -0.501. The molecule has 0 aliphatic heterocycles. The van der Waals surface area contributed by atoms with E-state index in [0.717, 1.165) is 11.3 Å². The zero-order valence-corrected chi connectivity index (χ0v) is 10.1. The number of ether oxygens (including phenoxy) is 1. The molecule has 14 heavy (non-hydrogen) atoms. The fourth-order valence-electron chi connectivity index (χ4n) is 1.07. The van der Waals surface area contributed by atoms with Crippen LogP contribution in [-0.4, -0.2) is 5.60 Å². The van der Waals surface area contributed by atoms with Gasteiger partial charge in [-0.1, -0.05) is 12.1 Å². The molecule has 0 spiro atoms. The number of hydrogen-bond donors (Lipinski definition) is 0. The highest BCUT2D eigenvalue weighted by Crippen LogP contribution is 2.28. The molecule has 0 heterocycles. The minimum atomic E-state index is -0.501. The Kier molecular flexibility index (Phi) is 3.68. The summed E-state index contributed by atoms with van der Waals surface area (Å²) in [6.07, 6.45) is 0. The highest BCUT2D eigenvalue weighted by atomic mass is 35.5. The van der Waals surface area contributed by atoms with Crippen LogP contribution in [0.25, 0.3) is 0 Å². The first-order valence-electron chi connectivity index (χ1n) is 4.45. The van der Waals surface area contributed by atoms with Gasteiger partial charge in [0.05, 0.1) is 0 Å². The summed E-state index contributed by atoms with van der Waals surface area (Å²) in [5.74, 6) is 0.793. The summed E-state index contributed by atoms with van der Waals surface area (Å²) in [5, 5.41) is 0. The van der Waals surface area contributed by atoms with Crippen LogP contribution in [-0.2, 0) is 0 Å². The van der Waals surface area contributed by atoms with Crippen LogP contribution >= 0.6 is 23.2 Å². The quantitative estimate of drug-likeness (QED) is 0.690. The minimum absolute atomic E-state index is 0.202. The number of alkyl halides is 2. The maximum absolute atomic E-state index is 5.76. The average molecular weight is 233 g/mol. The second kappa shape index (κ2) is 4.41. The first-order chi connectivity index (χ1) is 6.38. The van der Waals surface area contributed by atoms with Crippen molar-refractivity contribution < 1.29 is 4.74 Å². The van der Waals surface area contributed by atoms with Crippen molar-refractivity contribution in [3.05, 3.63) is 29.8 Å². The van der Waals surface area contributed by atoms with E-state index in [1.54, 1.807) is 0 Å². The Morgan fingerprint density at radius 1 is 1.21 bits per heavy atom. The average Bonchev–Trinajstić information content (AvgIpc) is 2.01. The number of rotatable bonds is 2. The largest absolute Gasteiger partial charge is 0.488 e. The van der Waals surface area contributed by atoms with Crippen LogP contribution < -0.4 is 4.74 Å². The van der Waals surface area contributed by atoms with Gasteiger partial charge >= 0.3 is 0 Å². The van der Waals surface area contributed by atoms with E-state index in [1.165, 1.54) is 0 Å². The normalized spacial score (nSPS) is 11.9. The Hall–Kier alpha value is -0.400. The molecule has 0 bridgehead atoms. The summed E-state index contributed by atoms with van der Waals surface area (Å²) in [7, 11) is 0. The van der Waals surface area contributed by atoms with E-state index in [4.69, 9.17) is 27.9 Å². The lowest BCUT2D eigenvalue weighted by Gasteiger charge is -2.21. The second-order valence-electron chi connectivity index (χ2n) is 4.09. The van der Waals surface area contributed by atoms with Crippen molar-refractivity contribution in [2.75, 3.05) is 0 Å². The Morgan fingerprint density at radius 2 is 1.86 bits per heavy atom. The van der Waals surface area contributed by atoms with Gasteiger partial charge in [0, 0.05) is 0 Å². The fourth-order valence-corrected chi connectivity index (χ4v) is 1.34. The van der Waals surface area contributed by atoms with Crippen molar-refractivity contribution in [2.45, 2.75) is 31.2 Å². The van der Waals surface area contributed by atoms with Crippen molar-refractivity contribution in [1.29, 1.82) is 0 Å². The third-order valence-electron chi connectivity index (χ3n) is 1.53. The predicted octanol–water partition coefficient (Wildman–Crippen LogP) is 4.34. The summed E-state index contributed by atoms with van der Waals surface area (Å²) >= 11 is 11.5. The van der Waals surface area contributed by atoms with Crippen molar-refractivity contribution in [3.8, 4) is 5.75 Å². The van der Waals surface area contributed by atoms with Gasteiger partial charge in [0.15, 0.2) is 0 Å². The van der Waals surface area contributed by atoms with E-state index in [-0.39, 0.29) is 5.60 Å². The van der Waals surface area contributed by atoms with Crippen LogP contribution in [0.4, 0.5) is 0 Å². The third-order valence-corrected chi connectivity index (χ3v) is 2.04. The molecular formula is C11H14Cl2O. The summed E-state index contributed by atoms with van der Waals surface area (Å²) < 4.78 is 5.68. The van der Waals surface area contributed by atoms with Crippen molar-refractivity contribution in [2.24, 2.45) is 0 Å². The molecule has 3 heteroatoms. The lowest BCUT2D eigenvalue weighted by molar-refractivity contribution is 0.131. The molecule has 0 amide bonds. The van der Waals surface area contributed by atoms with Gasteiger partial charge in [-0.05, 0) is 38.5 Å². The van der Waals surface area contributed by atoms with Gasteiger partial charge < -0.3 is 4.74 Å². The molecule has 0 N–H and O–H groups in total. The highest BCUT2D eigenvalue weighted by Gasteiger charge is 2.12. The monoisotopic (exact) mass is 232 g/mol. The van der Waals surface area contributed by atoms with Crippen molar-refractivity contribution in [3.63, 3.8) is 0 Å². The standard InChI is InChI=1S/C11H14Cl2O/c1-11(2,3)14-9-6-4-5-8(7-9)10(12)13/h4-7,10H,1-3H3. The molecule has 0 unspecified atom stereocenters. The first-order valence-corrected chi connectivity index (χ1v) is 5.33. The molecule has 0 saturated carbocycles. The zero-order valence-electron chi connectivity index (χ0n) is 8.55. The molecule has 0 aliphatic carbocycles. The SMILES string of the molecule is CC(C)(C)Oc1cccc(C(Cl)Cl)c1. The van der Waals surface area contributed by atoms with E-state index >= 15 is 0 Å². The Labute approximate surface area is 95.0 Å². The maximum atomic E-state index is 5.76. The summed E-state index contributed by atoms with van der Waals surface area (Å²) in [5.41, 5.74) is 0.655. The first kappa shape index (κ1) is 11.7. The predicted molar refractivity (Wildman–Crippen MR) is 61.3 cm³/mol. The van der Waals surface area contributed by atoms with Crippen LogP contribution in [0, 0.1) is 0 Å². The smallest absolute Gasteiger partial charge is 0.132 e. The second-order valence-corrected chi connectivity index (χ2v) is 5.18. The molecule has 0 aromatic heterocycles. The Balaban J connectivity index is 2.84. The Morgan fingerprint density at radius 3 is 2.36 bits per heavy atom. The molecule has 1 aromatic rings. The van der Waals surface area contributed by atoms with E-state index in [9.17, 15) is 0 Å². The van der Waals surface area contributed by atoms with Crippen LogP contribution in [0.1, 0.15) is 31.2 Å². The molecule has 0 fully saturated rings. The minimum Gasteiger partial charge on any atom is -0.488 e. The number of hydrogen-bond acceptors (Lipinski definition) is 1. The maximum Gasteiger partial charge on any atom is 0.132 e. The molecule has 0 saturated heterocycles. The highest BCUT2D eigenvalue weighted by molar-refractivity contribution is 6.44. The van der Waals surface area contributed by atoms with Gasteiger partial charge in [0.1, 0.15) is 16.2 Å². The molecule has 0 atom stereocenters. The third kappa shape index (κ3) is 3.77. The fraction of sp³-hybridized carbons (Fsp3) is 0.455. The van der Waals surface area contributed by atoms with Crippen LogP contribution in [0.15, 0.2) is 24.3 Å². The van der Waals surface area contributed by atoms with E-state index < -0.39 is 4.84 Å². The van der Waals surface area contributed by atoms with Gasteiger partial charge in [-0.15, -0.1) is 23.2 Å². The van der Waals surface area contributed by atoms with Crippen molar-refractivity contribution >= 4 is 23.2 Å². The van der Waals surface area contributed by atoms with Gasteiger partial charge in [-0.3, -0.25) is 0 Å². The number of benzene rings is 1. The number of halogens is 2. The molecule has 0 aliphatic rings. The zero-order chi connectivity index (χ0) is 10.8. The van der Waals surface area contributed by atoms with Crippen LogP contribution in [0.3, 0.4) is 0 Å². The van der Waals surface area contributed by atoms with E-state index in [0.29, 0.717) is 0 Å². The molecule has 1 nitrogen and oxygen atoms in total. The molecular weight excluding hydrogens is 219 g/mol. The van der Waals surface area contributed by atoms with Crippen LogP contribution in [0.2, 0.25) is 0 Å². The van der Waals surface area contributed by atoms with E-state index in [1.807, 2.05) is 45.0 Å². The molecule has 0 radical (unpaired) electrons. The molecule has 78 valence electrons. The van der Waals surface area contributed by atoms with Gasteiger partial charge in [0.25, 0.3) is 0 Å². The van der Waals surface area contributed by atoms with Gasteiger partial charge in [-0.2, -0.15) is 0 Å². The van der Waals surface area contributed by atoms with Gasteiger partial charge in [0.2, 0.25) is 0 Å². The van der Waals surface area contributed by atoms with Crippen molar-refractivity contribution in [1.82, 2.24) is 0 Å². The van der Waals surface area contributed by atoms with Crippen LogP contribution in [0.5, 0.6) is 5.75 Å². The summed E-state index contributed by atoms with van der Waals surface area (Å²) in [6, 6.07) is 7.51. The summed E-state index contributed by atoms with van der Waals surface area (Å²) in [6.45, 7) is 6.00. The molecule has 1 rings (SSSR count).